The van der Waals surface area contributed by atoms with Gasteiger partial charge in [-0.25, -0.2) is 4.79 Å². The second-order valence-corrected chi connectivity index (χ2v) is 4.22. The van der Waals surface area contributed by atoms with E-state index in [0.717, 1.165) is 36.2 Å². The minimum absolute atomic E-state index is 0.687. The fourth-order valence-corrected chi connectivity index (χ4v) is 2.16. The van der Waals surface area contributed by atoms with Crippen molar-refractivity contribution in [2.75, 3.05) is 31.2 Å². The van der Waals surface area contributed by atoms with Gasteiger partial charge in [0.2, 0.25) is 0 Å². The van der Waals surface area contributed by atoms with Crippen LogP contribution in [0.3, 0.4) is 0 Å². The highest BCUT2D eigenvalue weighted by atomic mass is 16.5. The molecule has 6 heteroatoms. The van der Waals surface area contributed by atoms with Gasteiger partial charge in [-0.3, -0.25) is 4.68 Å². The maximum absolute atomic E-state index is 10.6. The van der Waals surface area contributed by atoms with Gasteiger partial charge in [-0.15, -0.1) is 0 Å². The van der Waals surface area contributed by atoms with Crippen LogP contribution in [0.15, 0.2) is 6.08 Å². The normalized spacial score (nSPS) is 16.4. The first-order valence-electron chi connectivity index (χ1n) is 5.87. The number of carbonyl (C=O) groups is 1. The average molecular weight is 251 g/mol. The number of hydrogen-bond donors (Lipinski definition) is 1. The fourth-order valence-electron chi connectivity index (χ4n) is 2.16. The van der Waals surface area contributed by atoms with Crippen molar-refractivity contribution in [3.05, 3.63) is 17.3 Å². The SMILES string of the molecule is Cc1nn(C)c(N2CCOCC2)c1/C=C/C(=O)O. The van der Waals surface area contributed by atoms with E-state index < -0.39 is 5.97 Å². The van der Waals surface area contributed by atoms with E-state index in [1.807, 2.05) is 14.0 Å². The molecule has 1 aliphatic rings. The van der Waals surface area contributed by atoms with E-state index in [1.54, 1.807) is 10.8 Å². The smallest absolute Gasteiger partial charge is 0.328 e. The van der Waals surface area contributed by atoms with Gasteiger partial charge in [-0.1, -0.05) is 0 Å². The molecular weight excluding hydrogens is 234 g/mol. The Balaban J connectivity index is 2.35. The number of nitrogens with zero attached hydrogens (tertiary/aromatic N) is 3. The molecule has 0 saturated carbocycles. The van der Waals surface area contributed by atoms with Crippen molar-refractivity contribution in [3.8, 4) is 0 Å². The van der Waals surface area contributed by atoms with Gasteiger partial charge in [0.25, 0.3) is 0 Å². The summed E-state index contributed by atoms with van der Waals surface area (Å²) in [6, 6.07) is 0. The molecule has 1 saturated heterocycles. The Morgan fingerprint density at radius 1 is 1.44 bits per heavy atom. The molecule has 0 spiro atoms. The lowest BCUT2D eigenvalue weighted by Crippen LogP contribution is -2.37. The number of anilines is 1. The molecule has 1 aromatic heterocycles. The zero-order valence-electron chi connectivity index (χ0n) is 10.6. The highest BCUT2D eigenvalue weighted by Crippen LogP contribution is 2.25. The van der Waals surface area contributed by atoms with Crippen molar-refractivity contribution in [2.24, 2.45) is 7.05 Å². The van der Waals surface area contributed by atoms with E-state index in [2.05, 4.69) is 10.00 Å². The number of morpholine rings is 1. The number of hydrogen-bond acceptors (Lipinski definition) is 4. The van der Waals surface area contributed by atoms with Gasteiger partial charge in [0.1, 0.15) is 5.82 Å². The van der Waals surface area contributed by atoms with Crippen molar-refractivity contribution in [3.63, 3.8) is 0 Å². The Bertz CT molecular complexity index is 473. The predicted octanol–water partition coefficient (Wildman–Crippen LogP) is 0.663. The maximum atomic E-state index is 10.6. The number of rotatable bonds is 3. The van der Waals surface area contributed by atoms with Crippen LogP contribution in [-0.2, 0) is 16.6 Å². The lowest BCUT2D eigenvalue weighted by Gasteiger charge is -2.29. The van der Waals surface area contributed by atoms with Crippen LogP contribution >= 0.6 is 0 Å². The van der Waals surface area contributed by atoms with Gasteiger partial charge >= 0.3 is 5.97 Å². The first kappa shape index (κ1) is 12.6. The molecule has 0 atom stereocenters. The van der Waals surface area contributed by atoms with Gasteiger partial charge in [0, 0.05) is 31.8 Å². The highest BCUT2D eigenvalue weighted by Gasteiger charge is 2.19. The Morgan fingerprint density at radius 2 is 2.11 bits per heavy atom. The topological polar surface area (TPSA) is 67.6 Å². The summed E-state index contributed by atoms with van der Waals surface area (Å²) in [4.78, 5) is 12.8. The van der Waals surface area contributed by atoms with Gasteiger partial charge < -0.3 is 14.7 Å². The van der Waals surface area contributed by atoms with Gasteiger partial charge in [-0.05, 0) is 13.0 Å². The average Bonchev–Trinajstić information content (AvgIpc) is 2.62. The second kappa shape index (κ2) is 5.22. The second-order valence-electron chi connectivity index (χ2n) is 4.22. The van der Waals surface area contributed by atoms with Gasteiger partial charge in [0.15, 0.2) is 0 Å². The van der Waals surface area contributed by atoms with Crippen LogP contribution in [0.25, 0.3) is 6.08 Å². The van der Waals surface area contributed by atoms with E-state index in [0.29, 0.717) is 13.2 Å². The maximum Gasteiger partial charge on any atom is 0.328 e. The number of aryl methyl sites for hydroxylation is 2. The number of ether oxygens (including phenoxy) is 1. The molecule has 2 heterocycles. The first-order valence-corrected chi connectivity index (χ1v) is 5.87. The van der Waals surface area contributed by atoms with Crippen LogP contribution in [0.1, 0.15) is 11.3 Å². The third-order valence-corrected chi connectivity index (χ3v) is 2.94. The standard InChI is InChI=1S/C12H17N3O3/c1-9-10(3-4-11(16)17)12(14(2)13-9)15-5-7-18-8-6-15/h3-4H,5-8H2,1-2H3,(H,16,17)/b4-3+. The van der Waals surface area contributed by atoms with E-state index >= 15 is 0 Å². The summed E-state index contributed by atoms with van der Waals surface area (Å²) in [6.07, 6.45) is 2.75. The quantitative estimate of drug-likeness (QED) is 0.799. The molecule has 1 N–H and O–H groups in total. The van der Waals surface area contributed by atoms with E-state index in [9.17, 15) is 4.79 Å². The fraction of sp³-hybridized carbons (Fsp3) is 0.500. The summed E-state index contributed by atoms with van der Waals surface area (Å²) in [5, 5.41) is 13.1. The molecule has 1 aliphatic heterocycles. The number of carboxylic acid groups (broad SMARTS) is 1. The molecule has 18 heavy (non-hydrogen) atoms. The summed E-state index contributed by atoms with van der Waals surface area (Å²) in [6.45, 7) is 4.85. The summed E-state index contributed by atoms with van der Waals surface area (Å²) < 4.78 is 7.12. The van der Waals surface area contributed by atoms with E-state index in [1.165, 1.54) is 0 Å². The number of aliphatic carboxylic acids is 1. The van der Waals surface area contributed by atoms with Crippen LogP contribution in [0, 0.1) is 6.92 Å². The molecule has 1 aromatic rings. The number of aromatic nitrogens is 2. The molecule has 6 nitrogen and oxygen atoms in total. The van der Waals surface area contributed by atoms with Crippen molar-refractivity contribution in [1.29, 1.82) is 0 Å². The molecule has 0 aromatic carbocycles. The van der Waals surface area contributed by atoms with Crippen molar-refractivity contribution in [1.82, 2.24) is 9.78 Å². The molecular formula is C12H17N3O3. The molecule has 0 amide bonds. The van der Waals surface area contributed by atoms with E-state index in [-0.39, 0.29) is 0 Å². The Morgan fingerprint density at radius 3 is 2.72 bits per heavy atom. The van der Waals surface area contributed by atoms with Crippen LogP contribution in [0.4, 0.5) is 5.82 Å². The zero-order valence-corrected chi connectivity index (χ0v) is 10.6. The minimum Gasteiger partial charge on any atom is -0.478 e. The first-order chi connectivity index (χ1) is 8.59. The van der Waals surface area contributed by atoms with Crippen molar-refractivity contribution < 1.29 is 14.6 Å². The third kappa shape index (κ3) is 2.53. The van der Waals surface area contributed by atoms with Crippen LogP contribution < -0.4 is 4.90 Å². The van der Waals surface area contributed by atoms with Crippen LogP contribution in [-0.4, -0.2) is 47.2 Å². The molecule has 0 unspecified atom stereocenters. The predicted molar refractivity (Wildman–Crippen MR) is 67.6 cm³/mol. The molecule has 1 fully saturated rings. The Labute approximate surface area is 105 Å². The summed E-state index contributed by atoms with van der Waals surface area (Å²) in [7, 11) is 1.87. The van der Waals surface area contributed by atoms with Gasteiger partial charge in [-0.2, -0.15) is 5.10 Å². The zero-order chi connectivity index (χ0) is 13.1. The lowest BCUT2D eigenvalue weighted by atomic mass is 10.2. The van der Waals surface area contributed by atoms with Crippen molar-refractivity contribution >= 4 is 17.9 Å². The minimum atomic E-state index is -0.953. The molecule has 0 bridgehead atoms. The molecule has 98 valence electrons. The lowest BCUT2D eigenvalue weighted by molar-refractivity contribution is -0.131. The summed E-state index contributed by atoms with van der Waals surface area (Å²) in [5.74, 6) is -0.000481. The Kier molecular flexibility index (Phi) is 3.66. The summed E-state index contributed by atoms with van der Waals surface area (Å²) >= 11 is 0. The largest absolute Gasteiger partial charge is 0.478 e. The molecule has 2 rings (SSSR count). The molecule has 0 radical (unpaired) electrons. The monoisotopic (exact) mass is 251 g/mol. The van der Waals surface area contributed by atoms with E-state index in [4.69, 9.17) is 9.84 Å². The van der Waals surface area contributed by atoms with Crippen LogP contribution in [0.2, 0.25) is 0 Å². The van der Waals surface area contributed by atoms with Crippen molar-refractivity contribution in [2.45, 2.75) is 6.92 Å². The number of carboxylic acids is 1. The summed E-state index contributed by atoms with van der Waals surface area (Å²) in [5.41, 5.74) is 1.69. The molecule has 0 aliphatic carbocycles. The van der Waals surface area contributed by atoms with Crippen LogP contribution in [0.5, 0.6) is 0 Å². The highest BCUT2D eigenvalue weighted by molar-refractivity contribution is 5.87. The van der Waals surface area contributed by atoms with Gasteiger partial charge in [0.05, 0.1) is 18.9 Å². The Hall–Kier alpha value is -1.82. The third-order valence-electron chi connectivity index (χ3n) is 2.94.